The highest BCUT2D eigenvalue weighted by Gasteiger charge is 2.33. The summed E-state index contributed by atoms with van der Waals surface area (Å²) in [6, 6.07) is 28.1. The van der Waals surface area contributed by atoms with Crippen molar-refractivity contribution in [1.29, 1.82) is 0 Å². The Balaban J connectivity index is 1.47. The van der Waals surface area contributed by atoms with Gasteiger partial charge in [-0.25, -0.2) is 9.69 Å². The van der Waals surface area contributed by atoms with Gasteiger partial charge in [-0.05, 0) is 41.5 Å². The van der Waals surface area contributed by atoms with Crippen LogP contribution in [0.2, 0.25) is 0 Å². The molecule has 4 aromatic rings. The lowest BCUT2D eigenvalue weighted by atomic mass is 9.98. The first-order valence-electron chi connectivity index (χ1n) is 11.0. The largest absolute Gasteiger partial charge is 0.271 e. The van der Waals surface area contributed by atoms with Crippen LogP contribution in [0, 0.1) is 0 Å². The number of carbonyl (C=O) groups is 1. The van der Waals surface area contributed by atoms with Crippen LogP contribution in [-0.4, -0.2) is 26.4 Å². The summed E-state index contributed by atoms with van der Waals surface area (Å²) in [5, 5.41) is 10.6. The van der Waals surface area contributed by atoms with Gasteiger partial charge in [0.05, 0.1) is 17.4 Å². The van der Waals surface area contributed by atoms with Gasteiger partial charge in [0, 0.05) is 27.0 Å². The molecule has 174 valence electrons. The second-order valence-corrected chi connectivity index (χ2v) is 9.98. The molecule has 0 spiro atoms. The molecule has 1 aliphatic heterocycles. The lowest BCUT2D eigenvalue weighted by molar-refractivity contribution is -0.133. The van der Waals surface area contributed by atoms with Crippen LogP contribution in [0.15, 0.2) is 110 Å². The fourth-order valence-corrected chi connectivity index (χ4v) is 4.56. The summed E-state index contributed by atoms with van der Waals surface area (Å²) in [6.07, 6.45) is 0.571. The zero-order valence-corrected chi connectivity index (χ0v) is 21.7. The van der Waals surface area contributed by atoms with Gasteiger partial charge >= 0.3 is 0 Å². The highest BCUT2D eigenvalue weighted by atomic mass is 79.9. The van der Waals surface area contributed by atoms with Crippen molar-refractivity contribution in [3.8, 4) is 11.3 Å². The number of hydrogen-bond acceptors (Lipinski definition) is 4. The summed E-state index contributed by atoms with van der Waals surface area (Å²) in [5.74, 6) is -0.301. The number of amides is 1. The minimum atomic E-state index is -0.338. The molecule has 1 aromatic heterocycles. The number of nitrogens with zero attached hydrogens (tertiary/aromatic N) is 4. The number of hydrogen-bond donors (Lipinski definition) is 0. The molecular formula is C27H20Br2N4O2. The number of halogens is 2. The van der Waals surface area contributed by atoms with Gasteiger partial charge in [-0.2, -0.15) is 10.2 Å². The van der Waals surface area contributed by atoms with E-state index in [1.807, 2.05) is 78.9 Å². The van der Waals surface area contributed by atoms with Gasteiger partial charge in [0.25, 0.3) is 11.5 Å². The standard InChI is InChI=1S/C27H20Br2N4O2/c28-21-10-6-19(7-11-21)24-16-25(20-8-12-22(29)13-9-20)33(31-24)27(35)17-32-26(34)15-14-23(30-32)18-4-2-1-3-5-18/h1-15,25H,16-17H2. The minimum Gasteiger partial charge on any atom is -0.271 e. The molecule has 0 saturated heterocycles. The number of aromatic nitrogens is 2. The monoisotopic (exact) mass is 590 g/mol. The number of rotatable bonds is 5. The Kier molecular flexibility index (Phi) is 6.74. The zero-order chi connectivity index (χ0) is 24.4. The van der Waals surface area contributed by atoms with E-state index in [0.29, 0.717) is 12.1 Å². The van der Waals surface area contributed by atoms with E-state index in [4.69, 9.17) is 5.10 Å². The average molecular weight is 592 g/mol. The van der Waals surface area contributed by atoms with Crippen molar-refractivity contribution in [2.24, 2.45) is 5.10 Å². The van der Waals surface area contributed by atoms with Crippen molar-refractivity contribution in [2.75, 3.05) is 0 Å². The van der Waals surface area contributed by atoms with Gasteiger partial charge in [-0.15, -0.1) is 0 Å². The van der Waals surface area contributed by atoms with Gasteiger partial charge in [0.2, 0.25) is 0 Å². The van der Waals surface area contributed by atoms with Crippen molar-refractivity contribution in [3.05, 3.63) is 121 Å². The quantitative estimate of drug-likeness (QED) is 0.294. The van der Waals surface area contributed by atoms with E-state index in [-0.39, 0.29) is 24.1 Å². The average Bonchev–Trinajstić information content (AvgIpc) is 3.32. The summed E-state index contributed by atoms with van der Waals surface area (Å²) < 4.78 is 3.14. The summed E-state index contributed by atoms with van der Waals surface area (Å²) in [5.41, 5.74) is 3.90. The molecule has 0 bridgehead atoms. The van der Waals surface area contributed by atoms with Crippen molar-refractivity contribution >= 4 is 43.5 Å². The second-order valence-electron chi connectivity index (χ2n) is 8.14. The highest BCUT2D eigenvalue weighted by Crippen LogP contribution is 2.33. The van der Waals surface area contributed by atoms with Gasteiger partial charge in [-0.3, -0.25) is 9.59 Å². The lowest BCUT2D eigenvalue weighted by Gasteiger charge is -2.22. The Morgan fingerprint density at radius 3 is 2.17 bits per heavy atom. The number of benzene rings is 3. The Bertz CT molecular complexity index is 1450. The Labute approximate surface area is 219 Å². The Morgan fingerprint density at radius 1 is 0.829 bits per heavy atom. The van der Waals surface area contributed by atoms with Crippen LogP contribution >= 0.6 is 31.9 Å². The van der Waals surface area contributed by atoms with E-state index in [1.165, 1.54) is 15.8 Å². The Morgan fingerprint density at radius 2 is 1.49 bits per heavy atom. The van der Waals surface area contributed by atoms with Crippen LogP contribution in [0.1, 0.15) is 23.6 Å². The molecule has 8 heteroatoms. The fourth-order valence-electron chi connectivity index (χ4n) is 4.03. The van der Waals surface area contributed by atoms with Crippen LogP contribution in [0.5, 0.6) is 0 Å². The maximum Gasteiger partial charge on any atom is 0.267 e. The molecule has 1 unspecified atom stereocenters. The first kappa shape index (κ1) is 23.4. The molecule has 0 fully saturated rings. The first-order chi connectivity index (χ1) is 17.0. The van der Waals surface area contributed by atoms with Gasteiger partial charge in [0.15, 0.2) is 0 Å². The van der Waals surface area contributed by atoms with Crippen molar-refractivity contribution in [1.82, 2.24) is 14.8 Å². The topological polar surface area (TPSA) is 67.6 Å². The first-order valence-corrected chi connectivity index (χ1v) is 12.6. The maximum absolute atomic E-state index is 13.5. The van der Waals surface area contributed by atoms with Crippen molar-refractivity contribution in [2.45, 2.75) is 19.0 Å². The smallest absolute Gasteiger partial charge is 0.267 e. The lowest BCUT2D eigenvalue weighted by Crippen LogP contribution is -2.34. The predicted octanol–water partition coefficient (Wildman–Crippen LogP) is 5.81. The van der Waals surface area contributed by atoms with E-state index < -0.39 is 0 Å². The van der Waals surface area contributed by atoms with E-state index >= 15 is 0 Å². The normalized spacial score (nSPS) is 15.2. The molecule has 2 heterocycles. The van der Waals surface area contributed by atoms with Gasteiger partial charge in [-0.1, -0.05) is 86.5 Å². The van der Waals surface area contributed by atoms with Crippen molar-refractivity contribution < 1.29 is 4.79 Å². The molecule has 1 atom stereocenters. The third kappa shape index (κ3) is 5.18. The maximum atomic E-state index is 13.5. The number of hydrazone groups is 1. The molecule has 3 aromatic carbocycles. The van der Waals surface area contributed by atoms with Crippen LogP contribution in [0.4, 0.5) is 0 Å². The summed E-state index contributed by atoms with van der Waals surface area (Å²) in [7, 11) is 0. The Hall–Kier alpha value is -3.36. The van der Waals surface area contributed by atoms with Gasteiger partial charge in [0.1, 0.15) is 6.54 Å². The number of carbonyl (C=O) groups excluding carboxylic acids is 1. The molecule has 0 radical (unpaired) electrons. The summed E-state index contributed by atoms with van der Waals surface area (Å²) >= 11 is 6.93. The molecule has 35 heavy (non-hydrogen) atoms. The molecule has 1 amide bonds. The zero-order valence-electron chi connectivity index (χ0n) is 18.5. The fraction of sp³-hybridized carbons (Fsp3) is 0.111. The van der Waals surface area contributed by atoms with Crippen LogP contribution in [0.25, 0.3) is 11.3 Å². The van der Waals surface area contributed by atoms with E-state index in [1.54, 1.807) is 6.07 Å². The van der Waals surface area contributed by atoms with Crippen LogP contribution in [-0.2, 0) is 11.3 Å². The third-order valence-corrected chi connectivity index (χ3v) is 6.88. The van der Waals surface area contributed by atoms with E-state index in [0.717, 1.165) is 31.3 Å². The van der Waals surface area contributed by atoms with E-state index in [9.17, 15) is 9.59 Å². The van der Waals surface area contributed by atoms with E-state index in [2.05, 4.69) is 37.0 Å². The molecule has 0 N–H and O–H groups in total. The summed E-state index contributed by atoms with van der Waals surface area (Å²) in [4.78, 5) is 26.0. The molecule has 0 saturated carbocycles. The third-order valence-electron chi connectivity index (χ3n) is 5.82. The summed E-state index contributed by atoms with van der Waals surface area (Å²) in [6.45, 7) is -0.205. The molecule has 1 aliphatic rings. The second kappa shape index (κ2) is 10.1. The van der Waals surface area contributed by atoms with Crippen molar-refractivity contribution in [3.63, 3.8) is 0 Å². The predicted molar refractivity (Wildman–Crippen MR) is 143 cm³/mol. The molecule has 5 rings (SSSR count). The molecular weight excluding hydrogens is 572 g/mol. The molecule has 6 nitrogen and oxygen atoms in total. The van der Waals surface area contributed by atoms with Gasteiger partial charge < -0.3 is 0 Å². The van der Waals surface area contributed by atoms with Crippen LogP contribution < -0.4 is 5.56 Å². The SMILES string of the molecule is O=C(Cn1nc(-c2ccccc2)ccc1=O)N1N=C(c2ccc(Br)cc2)CC1c1ccc(Br)cc1. The highest BCUT2D eigenvalue weighted by molar-refractivity contribution is 9.10. The van der Waals surface area contributed by atoms with Crippen LogP contribution in [0.3, 0.4) is 0 Å². The minimum absolute atomic E-state index is 0.205. The molecule has 0 aliphatic carbocycles.